The van der Waals surface area contributed by atoms with Crippen molar-refractivity contribution in [3.8, 4) is 0 Å². The number of fused-ring (bicyclic) bond motifs is 1. The van der Waals surface area contributed by atoms with Crippen molar-refractivity contribution in [1.29, 1.82) is 0 Å². The van der Waals surface area contributed by atoms with Gasteiger partial charge in [-0.05, 0) is 5.92 Å². The first-order valence-corrected chi connectivity index (χ1v) is 4.72. The zero-order valence-electron chi connectivity index (χ0n) is 8.93. The maximum Gasteiger partial charge on any atom is 0.292 e. The molecule has 0 aromatic carbocycles. The summed E-state index contributed by atoms with van der Waals surface area (Å²) in [7, 11) is 1.58. The maximum atomic E-state index is 11.9. The van der Waals surface area contributed by atoms with Gasteiger partial charge >= 0.3 is 0 Å². The van der Waals surface area contributed by atoms with E-state index < -0.39 is 0 Å². The average molecular weight is 207 g/mol. The third-order valence-corrected chi connectivity index (χ3v) is 2.39. The van der Waals surface area contributed by atoms with Crippen molar-refractivity contribution in [1.82, 2.24) is 19.4 Å². The monoisotopic (exact) mass is 207 g/mol. The molecule has 0 aliphatic heterocycles. The molecular formula is C9H13N5O. The van der Waals surface area contributed by atoms with Crippen molar-refractivity contribution in [3.05, 3.63) is 22.1 Å². The van der Waals surface area contributed by atoms with E-state index in [2.05, 4.69) is 10.2 Å². The second-order valence-electron chi connectivity index (χ2n) is 3.80. The number of nitrogens with two attached hydrogens (primary N) is 1. The van der Waals surface area contributed by atoms with Gasteiger partial charge in [-0.25, -0.2) is 4.68 Å². The van der Waals surface area contributed by atoms with Gasteiger partial charge in [0.1, 0.15) is 5.52 Å². The van der Waals surface area contributed by atoms with Crippen LogP contribution in [0.15, 0.2) is 11.0 Å². The quantitative estimate of drug-likeness (QED) is 0.721. The van der Waals surface area contributed by atoms with E-state index in [4.69, 9.17) is 5.73 Å². The van der Waals surface area contributed by atoms with Crippen molar-refractivity contribution in [3.63, 3.8) is 0 Å². The smallest absolute Gasteiger partial charge is 0.292 e. The summed E-state index contributed by atoms with van der Waals surface area (Å²) in [5.41, 5.74) is 6.90. The van der Waals surface area contributed by atoms with E-state index in [0.29, 0.717) is 5.52 Å². The molecule has 0 saturated heterocycles. The highest BCUT2D eigenvalue weighted by atomic mass is 16.1. The molecule has 2 heterocycles. The van der Waals surface area contributed by atoms with Crippen molar-refractivity contribution in [2.45, 2.75) is 19.8 Å². The minimum Gasteiger partial charge on any atom is -0.366 e. The van der Waals surface area contributed by atoms with Crippen molar-refractivity contribution in [2.24, 2.45) is 7.05 Å². The van der Waals surface area contributed by atoms with Crippen LogP contribution in [0.3, 0.4) is 0 Å². The third kappa shape index (κ3) is 1.29. The second-order valence-corrected chi connectivity index (χ2v) is 3.80. The molecule has 15 heavy (non-hydrogen) atoms. The predicted molar refractivity (Wildman–Crippen MR) is 56.7 cm³/mol. The lowest BCUT2D eigenvalue weighted by atomic mass is 10.1. The molecule has 0 aliphatic carbocycles. The number of nitrogen functional groups attached to an aromatic ring is 1. The Bertz CT molecular complexity index is 566. The van der Waals surface area contributed by atoms with Crippen molar-refractivity contribution >= 4 is 11.5 Å². The molecule has 0 fully saturated rings. The standard InChI is InChI=1S/C9H13N5O/c1-5(2)6-4-11-14-7(6)8(15)13(3)12-9(14)10/h4-5H,1-3H3,(H2,10,12). The van der Waals surface area contributed by atoms with Crippen LogP contribution in [-0.2, 0) is 7.05 Å². The van der Waals surface area contributed by atoms with Crippen LogP contribution in [0.1, 0.15) is 25.3 Å². The molecule has 2 aromatic rings. The summed E-state index contributed by atoms with van der Waals surface area (Å²) in [4.78, 5) is 11.9. The Labute approximate surface area is 86.3 Å². The molecule has 2 rings (SSSR count). The Morgan fingerprint density at radius 1 is 1.47 bits per heavy atom. The van der Waals surface area contributed by atoms with E-state index >= 15 is 0 Å². The van der Waals surface area contributed by atoms with Crippen LogP contribution in [0.2, 0.25) is 0 Å². The molecule has 2 aromatic heterocycles. The number of hydrogen-bond donors (Lipinski definition) is 1. The highest BCUT2D eigenvalue weighted by Gasteiger charge is 2.14. The average Bonchev–Trinajstić information content (AvgIpc) is 2.58. The minimum atomic E-state index is -0.176. The Balaban J connectivity index is 2.96. The predicted octanol–water partition coefficient (Wildman–Crippen LogP) is 0.134. The summed E-state index contributed by atoms with van der Waals surface area (Å²) in [6, 6.07) is 0. The Hall–Kier alpha value is -1.85. The van der Waals surface area contributed by atoms with E-state index in [1.807, 2.05) is 13.8 Å². The van der Waals surface area contributed by atoms with Gasteiger partial charge in [0.15, 0.2) is 0 Å². The van der Waals surface area contributed by atoms with E-state index in [1.165, 1.54) is 9.20 Å². The number of aromatic nitrogens is 4. The van der Waals surface area contributed by atoms with Gasteiger partial charge in [-0.2, -0.15) is 9.61 Å². The highest BCUT2D eigenvalue weighted by Crippen LogP contribution is 2.17. The molecular weight excluding hydrogens is 194 g/mol. The Morgan fingerprint density at radius 2 is 2.13 bits per heavy atom. The summed E-state index contributed by atoms with van der Waals surface area (Å²) in [5, 5.41) is 7.91. The van der Waals surface area contributed by atoms with E-state index in [1.54, 1.807) is 13.2 Å². The van der Waals surface area contributed by atoms with E-state index in [-0.39, 0.29) is 17.4 Å². The maximum absolute atomic E-state index is 11.9. The molecule has 0 saturated carbocycles. The first-order valence-electron chi connectivity index (χ1n) is 4.72. The fourth-order valence-corrected chi connectivity index (χ4v) is 1.57. The van der Waals surface area contributed by atoms with Crippen LogP contribution in [0, 0.1) is 0 Å². The Kier molecular flexibility index (Phi) is 1.99. The van der Waals surface area contributed by atoms with Crippen molar-refractivity contribution in [2.75, 3.05) is 5.73 Å². The number of anilines is 1. The van der Waals surface area contributed by atoms with Crippen molar-refractivity contribution < 1.29 is 0 Å². The summed E-state index contributed by atoms with van der Waals surface area (Å²) in [6.07, 6.45) is 1.67. The SMILES string of the molecule is CC(C)c1cnn2c(N)nn(C)c(=O)c12. The lowest BCUT2D eigenvalue weighted by molar-refractivity contribution is 0.686. The van der Waals surface area contributed by atoms with Crippen LogP contribution in [-0.4, -0.2) is 19.4 Å². The van der Waals surface area contributed by atoms with Crippen LogP contribution >= 0.6 is 0 Å². The highest BCUT2D eigenvalue weighted by molar-refractivity contribution is 5.55. The number of rotatable bonds is 1. The first-order chi connectivity index (χ1) is 7.02. The van der Waals surface area contributed by atoms with Crippen LogP contribution in [0.25, 0.3) is 5.52 Å². The minimum absolute atomic E-state index is 0.176. The fraction of sp³-hybridized carbons (Fsp3) is 0.444. The van der Waals surface area contributed by atoms with Crippen LogP contribution < -0.4 is 11.3 Å². The number of aryl methyl sites for hydroxylation is 1. The number of nitrogens with zero attached hydrogens (tertiary/aromatic N) is 4. The van der Waals surface area contributed by atoms with Gasteiger partial charge in [-0.3, -0.25) is 4.79 Å². The van der Waals surface area contributed by atoms with Gasteiger partial charge in [-0.1, -0.05) is 13.8 Å². The molecule has 0 radical (unpaired) electrons. The number of hydrogen-bond acceptors (Lipinski definition) is 4. The zero-order chi connectivity index (χ0) is 11.2. The normalized spacial score (nSPS) is 11.5. The molecule has 6 nitrogen and oxygen atoms in total. The summed E-state index contributed by atoms with van der Waals surface area (Å²) >= 11 is 0. The van der Waals surface area contributed by atoms with E-state index in [9.17, 15) is 4.79 Å². The van der Waals surface area contributed by atoms with Gasteiger partial charge in [0.2, 0.25) is 5.95 Å². The molecule has 80 valence electrons. The summed E-state index contributed by atoms with van der Waals surface area (Å²) in [6.45, 7) is 4.01. The second kappa shape index (κ2) is 3.08. The molecule has 0 unspecified atom stereocenters. The molecule has 0 atom stereocenters. The van der Waals surface area contributed by atoms with Gasteiger partial charge in [-0.15, -0.1) is 5.10 Å². The Morgan fingerprint density at radius 3 is 2.73 bits per heavy atom. The van der Waals surface area contributed by atoms with Crippen LogP contribution in [0.4, 0.5) is 5.95 Å². The largest absolute Gasteiger partial charge is 0.366 e. The van der Waals surface area contributed by atoms with Gasteiger partial charge in [0.05, 0.1) is 6.20 Å². The molecule has 0 bridgehead atoms. The molecule has 0 amide bonds. The fourth-order valence-electron chi connectivity index (χ4n) is 1.57. The van der Waals surface area contributed by atoms with E-state index in [0.717, 1.165) is 5.56 Å². The first kappa shape index (κ1) is 9.70. The van der Waals surface area contributed by atoms with Gasteiger partial charge in [0, 0.05) is 12.6 Å². The molecule has 0 aliphatic rings. The lowest BCUT2D eigenvalue weighted by Gasteiger charge is -2.04. The molecule has 6 heteroatoms. The van der Waals surface area contributed by atoms with Crippen LogP contribution in [0.5, 0.6) is 0 Å². The summed E-state index contributed by atoms with van der Waals surface area (Å²) < 4.78 is 2.62. The summed E-state index contributed by atoms with van der Waals surface area (Å²) in [5.74, 6) is 0.455. The third-order valence-electron chi connectivity index (χ3n) is 2.39. The zero-order valence-corrected chi connectivity index (χ0v) is 8.93. The molecule has 2 N–H and O–H groups in total. The topological polar surface area (TPSA) is 78.2 Å². The molecule has 0 spiro atoms. The van der Waals surface area contributed by atoms with Gasteiger partial charge in [0.25, 0.3) is 5.56 Å². The lowest BCUT2D eigenvalue weighted by Crippen LogP contribution is -2.25. The van der Waals surface area contributed by atoms with Gasteiger partial charge < -0.3 is 5.73 Å².